The third-order valence-corrected chi connectivity index (χ3v) is 13.7. The van der Waals surface area contributed by atoms with Gasteiger partial charge in [-0.15, -0.1) is 0 Å². The first-order chi connectivity index (χ1) is 29.1. The summed E-state index contributed by atoms with van der Waals surface area (Å²) in [6, 6.07) is 60.6. The van der Waals surface area contributed by atoms with E-state index in [2.05, 4.69) is 229 Å². The fourth-order valence-electron chi connectivity index (χ4n) is 10.3. The Balaban J connectivity index is 1.20. The molecule has 0 radical (unpaired) electrons. The molecule has 298 valence electrons. The van der Waals surface area contributed by atoms with E-state index < -0.39 is 0 Å². The summed E-state index contributed by atoms with van der Waals surface area (Å²) in [4.78, 5) is 2.56. The zero-order chi connectivity index (χ0) is 42.2. The SMILES string of the molecule is CC(C)(C)c1ccc(-c2ccc(N3c4ccc(C(C)(C)C)cc4B4c5c(cc(-c6ccc(C(C)(C)C)cc6)cc53)-c3cccc5c6c7ccccc7ccc6n4c35)cc2)cc1. The van der Waals surface area contributed by atoms with Gasteiger partial charge in [0.2, 0.25) is 0 Å². The Morgan fingerprint density at radius 2 is 1.00 bits per heavy atom. The predicted octanol–water partition coefficient (Wildman–Crippen LogP) is 14.6. The van der Waals surface area contributed by atoms with Gasteiger partial charge in [0.05, 0.1) is 0 Å². The van der Waals surface area contributed by atoms with Gasteiger partial charge in [-0.2, -0.15) is 0 Å². The minimum absolute atomic E-state index is 0.0208. The van der Waals surface area contributed by atoms with E-state index in [1.165, 1.54) is 105 Å². The molecule has 0 amide bonds. The summed E-state index contributed by atoms with van der Waals surface area (Å²) in [6.07, 6.45) is 0. The lowest BCUT2D eigenvalue weighted by molar-refractivity contribution is 0.590. The van der Waals surface area contributed by atoms with Crippen LogP contribution in [0.3, 0.4) is 0 Å². The Labute approximate surface area is 361 Å². The molecule has 2 nitrogen and oxygen atoms in total. The quantitative estimate of drug-likeness (QED) is 0.162. The minimum atomic E-state index is -0.0208. The molecule has 0 N–H and O–H groups in total. The second-order valence-corrected chi connectivity index (χ2v) is 20.7. The van der Waals surface area contributed by atoms with Crippen molar-refractivity contribution in [2.75, 3.05) is 4.90 Å². The van der Waals surface area contributed by atoms with Crippen LogP contribution < -0.4 is 15.8 Å². The molecule has 8 aromatic carbocycles. The highest BCUT2D eigenvalue weighted by Gasteiger charge is 2.43. The smallest absolute Gasteiger partial charge is 0.333 e. The molecule has 2 aliphatic heterocycles. The largest absolute Gasteiger partial charge is 0.375 e. The predicted molar refractivity (Wildman–Crippen MR) is 264 cm³/mol. The number of fused-ring (bicyclic) bond motifs is 9. The van der Waals surface area contributed by atoms with Gasteiger partial charge in [0, 0.05) is 44.4 Å². The Kier molecular flexibility index (Phi) is 8.08. The summed E-state index contributed by atoms with van der Waals surface area (Å²) in [5.74, 6) is 0. The van der Waals surface area contributed by atoms with Crippen molar-refractivity contribution < 1.29 is 0 Å². The van der Waals surface area contributed by atoms with Gasteiger partial charge >= 0.3 is 6.85 Å². The highest BCUT2D eigenvalue weighted by atomic mass is 15.2. The van der Waals surface area contributed by atoms with E-state index in [9.17, 15) is 0 Å². The first kappa shape index (κ1) is 37.7. The van der Waals surface area contributed by atoms with Gasteiger partial charge in [-0.3, -0.25) is 0 Å². The molecule has 3 heterocycles. The van der Waals surface area contributed by atoms with Gasteiger partial charge in [0.15, 0.2) is 0 Å². The summed E-state index contributed by atoms with van der Waals surface area (Å²) >= 11 is 0. The lowest BCUT2D eigenvalue weighted by Crippen LogP contribution is -2.57. The van der Waals surface area contributed by atoms with Crippen molar-refractivity contribution in [3.8, 4) is 33.4 Å². The second kappa shape index (κ2) is 13.1. The third kappa shape index (κ3) is 5.84. The van der Waals surface area contributed by atoms with Crippen molar-refractivity contribution in [2.24, 2.45) is 0 Å². The van der Waals surface area contributed by atoms with E-state index in [0.717, 1.165) is 5.69 Å². The molecule has 0 unspecified atom stereocenters. The number of hydrogen-bond acceptors (Lipinski definition) is 1. The van der Waals surface area contributed by atoms with E-state index in [4.69, 9.17) is 0 Å². The lowest BCUT2D eigenvalue weighted by Gasteiger charge is -2.41. The van der Waals surface area contributed by atoms with Gasteiger partial charge in [-0.1, -0.05) is 184 Å². The summed E-state index contributed by atoms with van der Waals surface area (Å²) in [5, 5.41) is 5.24. The second-order valence-electron chi connectivity index (χ2n) is 20.7. The average molecular weight is 789 g/mol. The first-order valence-electron chi connectivity index (χ1n) is 22.0. The molecule has 0 saturated carbocycles. The summed E-state index contributed by atoms with van der Waals surface area (Å²) < 4.78 is 2.70. The molecule has 2 aliphatic rings. The molecule has 0 aliphatic carbocycles. The van der Waals surface area contributed by atoms with Crippen LogP contribution in [-0.2, 0) is 16.2 Å². The third-order valence-electron chi connectivity index (χ3n) is 13.7. The highest BCUT2D eigenvalue weighted by molar-refractivity contribution is 6.90. The summed E-state index contributed by atoms with van der Waals surface area (Å²) in [5.41, 5.74) is 20.7. The summed E-state index contributed by atoms with van der Waals surface area (Å²) in [7, 11) is 0. The number of rotatable bonds is 3. The molecule has 0 atom stereocenters. The van der Waals surface area contributed by atoms with Gasteiger partial charge in [-0.25, -0.2) is 0 Å². The number of para-hydroxylation sites is 1. The molecule has 61 heavy (non-hydrogen) atoms. The van der Waals surface area contributed by atoms with Crippen molar-refractivity contribution in [1.29, 1.82) is 0 Å². The van der Waals surface area contributed by atoms with E-state index in [0.29, 0.717) is 0 Å². The number of anilines is 3. The van der Waals surface area contributed by atoms with Gasteiger partial charge in [0.1, 0.15) is 0 Å². The molecule has 1 aromatic heterocycles. The van der Waals surface area contributed by atoms with Crippen LogP contribution in [0, 0.1) is 0 Å². The van der Waals surface area contributed by atoms with Crippen molar-refractivity contribution in [2.45, 2.75) is 78.6 Å². The van der Waals surface area contributed by atoms with Crippen LogP contribution in [0.25, 0.3) is 66.0 Å². The van der Waals surface area contributed by atoms with Crippen LogP contribution in [0.2, 0.25) is 0 Å². The van der Waals surface area contributed by atoms with Gasteiger partial charge in [0.25, 0.3) is 0 Å². The van der Waals surface area contributed by atoms with Crippen LogP contribution in [0.5, 0.6) is 0 Å². The monoisotopic (exact) mass is 788 g/mol. The molecule has 11 rings (SSSR count). The van der Waals surface area contributed by atoms with Gasteiger partial charge in [-0.05, 0) is 119 Å². The first-order valence-corrected chi connectivity index (χ1v) is 22.0. The Bertz CT molecular complexity index is 3220. The maximum atomic E-state index is 2.70. The van der Waals surface area contributed by atoms with Crippen LogP contribution in [-0.4, -0.2) is 11.3 Å². The van der Waals surface area contributed by atoms with Crippen LogP contribution in [0.1, 0.15) is 79.0 Å². The standard InChI is InChI=1S/C58H53BN2/c1-56(2,3)41-24-17-36(18-25-41)37-21-29-44(30-22-37)60-50-32-28-43(58(7,8)9)35-49(50)59-54-48(33-40(34-52(54)60)38-19-26-42(27-20-38)57(4,5)6)46-15-12-16-47-53-45-14-11-10-13-39(45)23-31-51(53)61(59)55(46)47/h10-35H,1-9H3. The summed E-state index contributed by atoms with van der Waals surface area (Å²) in [6.45, 7) is 20.7. The fourth-order valence-corrected chi connectivity index (χ4v) is 10.3. The topological polar surface area (TPSA) is 8.17 Å². The Morgan fingerprint density at radius 1 is 0.426 bits per heavy atom. The maximum absolute atomic E-state index is 2.70. The van der Waals surface area contributed by atoms with Gasteiger partial charge < -0.3 is 9.38 Å². The molecule has 3 heteroatoms. The minimum Gasteiger partial charge on any atom is -0.375 e. The molecule has 9 aromatic rings. The van der Waals surface area contributed by atoms with Crippen LogP contribution in [0.4, 0.5) is 17.1 Å². The van der Waals surface area contributed by atoms with E-state index in [1.807, 2.05) is 0 Å². The molecule has 0 bridgehead atoms. The molecule has 0 spiro atoms. The zero-order valence-corrected chi connectivity index (χ0v) is 37.0. The normalized spacial score (nSPS) is 13.6. The van der Waals surface area contributed by atoms with E-state index in [-0.39, 0.29) is 23.1 Å². The number of hydrogen-bond donors (Lipinski definition) is 0. The van der Waals surface area contributed by atoms with Crippen LogP contribution >= 0.6 is 0 Å². The number of nitrogens with zero attached hydrogens (tertiary/aromatic N) is 2. The van der Waals surface area contributed by atoms with Crippen molar-refractivity contribution in [3.05, 3.63) is 174 Å². The molecular weight excluding hydrogens is 735 g/mol. The van der Waals surface area contributed by atoms with E-state index >= 15 is 0 Å². The molecule has 0 saturated heterocycles. The number of aromatic nitrogens is 1. The number of benzene rings is 8. The molecular formula is C58H53BN2. The Hall–Kier alpha value is -6.32. The fraction of sp³-hybridized carbons (Fsp3) is 0.207. The van der Waals surface area contributed by atoms with Crippen molar-refractivity contribution in [3.63, 3.8) is 0 Å². The van der Waals surface area contributed by atoms with Crippen LogP contribution in [0.15, 0.2) is 158 Å². The molecule has 0 fully saturated rings. The zero-order valence-electron chi connectivity index (χ0n) is 37.0. The average Bonchev–Trinajstić information content (AvgIpc) is 3.59. The Morgan fingerprint density at radius 3 is 1.64 bits per heavy atom. The van der Waals surface area contributed by atoms with Crippen molar-refractivity contribution in [1.82, 2.24) is 4.48 Å². The lowest BCUT2D eigenvalue weighted by atomic mass is 9.44. The van der Waals surface area contributed by atoms with E-state index in [1.54, 1.807) is 0 Å². The highest BCUT2D eigenvalue weighted by Crippen LogP contribution is 2.48. The van der Waals surface area contributed by atoms with Crippen molar-refractivity contribution >= 4 is 67.4 Å². The maximum Gasteiger partial charge on any atom is 0.333 e.